The van der Waals surface area contributed by atoms with Gasteiger partial charge >= 0.3 is 0 Å². The summed E-state index contributed by atoms with van der Waals surface area (Å²) in [6.07, 6.45) is 0. The Balaban J connectivity index is 2.60. The Kier molecular flexibility index (Phi) is 5.20. The molecule has 0 aromatic heterocycles. The number of amides is 1. The number of halogens is 1. The first-order valence-corrected chi connectivity index (χ1v) is 6.14. The van der Waals surface area contributed by atoms with Crippen molar-refractivity contribution in [1.29, 1.82) is 0 Å². The Morgan fingerprint density at radius 3 is 2.82 bits per heavy atom. The van der Waals surface area contributed by atoms with Gasteiger partial charge in [0.15, 0.2) is 0 Å². The SMILES string of the molecule is CC(CNC(=O)c1ccccc1I)C(N)=NO. The molecule has 1 rings (SSSR count). The molecule has 4 N–H and O–H groups in total. The van der Waals surface area contributed by atoms with Gasteiger partial charge in [-0.1, -0.05) is 24.2 Å². The Morgan fingerprint density at radius 1 is 1.59 bits per heavy atom. The van der Waals surface area contributed by atoms with Crippen LogP contribution in [-0.2, 0) is 0 Å². The molecule has 1 aromatic rings. The third kappa shape index (κ3) is 3.88. The number of hydrogen-bond donors (Lipinski definition) is 3. The molecule has 0 aliphatic rings. The van der Waals surface area contributed by atoms with E-state index in [1.165, 1.54) is 0 Å². The quantitative estimate of drug-likeness (QED) is 0.253. The van der Waals surface area contributed by atoms with E-state index in [4.69, 9.17) is 10.9 Å². The van der Waals surface area contributed by atoms with E-state index in [1.807, 2.05) is 18.2 Å². The molecule has 1 aromatic carbocycles. The average Bonchev–Trinajstić information content (AvgIpc) is 2.35. The van der Waals surface area contributed by atoms with Crippen LogP contribution in [0.5, 0.6) is 0 Å². The molecule has 0 heterocycles. The highest BCUT2D eigenvalue weighted by Gasteiger charge is 2.12. The largest absolute Gasteiger partial charge is 0.409 e. The molecule has 0 fully saturated rings. The lowest BCUT2D eigenvalue weighted by Crippen LogP contribution is -2.34. The molecule has 0 radical (unpaired) electrons. The monoisotopic (exact) mass is 347 g/mol. The summed E-state index contributed by atoms with van der Waals surface area (Å²) in [5, 5.41) is 14.1. The van der Waals surface area contributed by atoms with Gasteiger partial charge in [0.25, 0.3) is 5.91 Å². The van der Waals surface area contributed by atoms with Crippen molar-refractivity contribution >= 4 is 34.3 Å². The molecule has 0 saturated heterocycles. The van der Waals surface area contributed by atoms with Gasteiger partial charge in [0.1, 0.15) is 5.84 Å². The van der Waals surface area contributed by atoms with Gasteiger partial charge in [0.2, 0.25) is 0 Å². The molecule has 0 saturated carbocycles. The third-order valence-corrected chi connectivity index (χ3v) is 3.25. The normalized spacial score (nSPS) is 13.2. The Morgan fingerprint density at radius 2 is 2.24 bits per heavy atom. The number of hydrogen-bond acceptors (Lipinski definition) is 3. The smallest absolute Gasteiger partial charge is 0.252 e. The topological polar surface area (TPSA) is 87.7 Å². The van der Waals surface area contributed by atoms with Gasteiger partial charge in [0, 0.05) is 16.0 Å². The minimum Gasteiger partial charge on any atom is -0.409 e. The van der Waals surface area contributed by atoms with Crippen LogP contribution in [-0.4, -0.2) is 23.5 Å². The number of nitrogens with one attached hydrogen (secondary N) is 1. The lowest BCUT2D eigenvalue weighted by atomic mass is 10.1. The summed E-state index contributed by atoms with van der Waals surface area (Å²) >= 11 is 2.10. The summed E-state index contributed by atoms with van der Waals surface area (Å²) in [6, 6.07) is 7.30. The predicted molar refractivity (Wildman–Crippen MR) is 74.1 cm³/mol. The second-order valence-corrected chi connectivity index (χ2v) is 4.78. The van der Waals surface area contributed by atoms with Crippen LogP contribution >= 0.6 is 22.6 Å². The summed E-state index contributed by atoms with van der Waals surface area (Å²) in [6.45, 7) is 2.10. The van der Waals surface area contributed by atoms with E-state index in [9.17, 15) is 4.79 Å². The van der Waals surface area contributed by atoms with Gasteiger partial charge < -0.3 is 16.3 Å². The highest BCUT2D eigenvalue weighted by atomic mass is 127. The van der Waals surface area contributed by atoms with E-state index in [0.29, 0.717) is 12.1 Å². The predicted octanol–water partition coefficient (Wildman–Crippen LogP) is 1.40. The number of rotatable bonds is 4. The summed E-state index contributed by atoms with van der Waals surface area (Å²) in [5.74, 6) is -0.258. The van der Waals surface area contributed by atoms with Gasteiger partial charge in [0.05, 0.1) is 5.56 Å². The van der Waals surface area contributed by atoms with E-state index >= 15 is 0 Å². The molecule has 92 valence electrons. The molecule has 0 bridgehead atoms. The number of oxime groups is 1. The van der Waals surface area contributed by atoms with E-state index in [0.717, 1.165) is 3.57 Å². The van der Waals surface area contributed by atoms with Crippen LogP contribution in [0.3, 0.4) is 0 Å². The number of amidine groups is 1. The molecule has 0 spiro atoms. The molecule has 1 unspecified atom stereocenters. The van der Waals surface area contributed by atoms with E-state index in [1.54, 1.807) is 13.0 Å². The van der Waals surface area contributed by atoms with Crippen molar-refractivity contribution in [2.24, 2.45) is 16.8 Å². The summed E-state index contributed by atoms with van der Waals surface area (Å²) in [4.78, 5) is 11.8. The fourth-order valence-corrected chi connectivity index (χ4v) is 1.82. The third-order valence-electron chi connectivity index (χ3n) is 2.31. The molecular formula is C11H14IN3O2. The van der Waals surface area contributed by atoms with Crippen LogP contribution in [0.25, 0.3) is 0 Å². The minimum atomic E-state index is -0.203. The van der Waals surface area contributed by atoms with E-state index in [-0.39, 0.29) is 17.7 Å². The van der Waals surface area contributed by atoms with Crippen molar-refractivity contribution in [3.8, 4) is 0 Å². The Labute approximate surface area is 113 Å². The van der Waals surface area contributed by atoms with Crippen LogP contribution in [0.4, 0.5) is 0 Å². The summed E-state index contributed by atoms with van der Waals surface area (Å²) < 4.78 is 0.888. The minimum absolute atomic E-state index is 0.105. The second kappa shape index (κ2) is 6.43. The zero-order valence-electron chi connectivity index (χ0n) is 9.35. The Bertz CT molecular complexity index is 434. The first-order valence-electron chi connectivity index (χ1n) is 5.06. The van der Waals surface area contributed by atoms with Gasteiger partial charge in [-0.3, -0.25) is 4.79 Å². The summed E-state index contributed by atoms with van der Waals surface area (Å²) in [5.41, 5.74) is 6.04. The fourth-order valence-electron chi connectivity index (χ4n) is 1.19. The van der Waals surface area contributed by atoms with Crippen molar-refractivity contribution in [3.05, 3.63) is 33.4 Å². The number of carbonyl (C=O) groups is 1. The highest BCUT2D eigenvalue weighted by molar-refractivity contribution is 14.1. The maximum atomic E-state index is 11.8. The first-order chi connectivity index (χ1) is 8.06. The first kappa shape index (κ1) is 13.8. The zero-order chi connectivity index (χ0) is 12.8. The molecule has 17 heavy (non-hydrogen) atoms. The number of nitrogens with zero attached hydrogens (tertiary/aromatic N) is 1. The molecular weight excluding hydrogens is 333 g/mol. The maximum absolute atomic E-state index is 11.8. The van der Waals surface area contributed by atoms with Gasteiger partial charge in [-0.15, -0.1) is 0 Å². The standard InChI is InChI=1S/C11H14IN3O2/c1-7(10(13)15-17)6-14-11(16)8-4-2-3-5-9(8)12/h2-5,7,17H,6H2,1H3,(H2,13,15)(H,14,16). The Hall–Kier alpha value is -1.31. The van der Waals surface area contributed by atoms with Crippen molar-refractivity contribution in [1.82, 2.24) is 5.32 Å². The van der Waals surface area contributed by atoms with Crippen LogP contribution in [0, 0.1) is 9.49 Å². The number of carbonyl (C=O) groups excluding carboxylic acids is 1. The van der Waals surface area contributed by atoms with E-state index < -0.39 is 0 Å². The zero-order valence-corrected chi connectivity index (χ0v) is 11.5. The molecule has 0 aliphatic heterocycles. The van der Waals surface area contributed by atoms with Gasteiger partial charge in [-0.2, -0.15) is 0 Å². The van der Waals surface area contributed by atoms with Crippen LogP contribution in [0.1, 0.15) is 17.3 Å². The number of nitrogens with two attached hydrogens (primary N) is 1. The maximum Gasteiger partial charge on any atom is 0.252 e. The van der Waals surface area contributed by atoms with E-state index in [2.05, 4.69) is 33.1 Å². The van der Waals surface area contributed by atoms with Crippen LogP contribution in [0.15, 0.2) is 29.4 Å². The fraction of sp³-hybridized carbons (Fsp3) is 0.273. The molecule has 1 amide bonds. The van der Waals surface area contributed by atoms with Crippen molar-refractivity contribution < 1.29 is 10.0 Å². The van der Waals surface area contributed by atoms with Gasteiger partial charge in [-0.25, -0.2) is 0 Å². The number of benzene rings is 1. The lowest BCUT2D eigenvalue weighted by Gasteiger charge is -2.11. The van der Waals surface area contributed by atoms with Crippen molar-refractivity contribution in [3.63, 3.8) is 0 Å². The average molecular weight is 347 g/mol. The molecule has 6 heteroatoms. The van der Waals surface area contributed by atoms with Crippen LogP contribution < -0.4 is 11.1 Å². The van der Waals surface area contributed by atoms with Gasteiger partial charge in [-0.05, 0) is 34.7 Å². The molecule has 1 atom stereocenters. The van der Waals surface area contributed by atoms with Crippen LogP contribution in [0.2, 0.25) is 0 Å². The van der Waals surface area contributed by atoms with Crippen molar-refractivity contribution in [2.45, 2.75) is 6.92 Å². The van der Waals surface area contributed by atoms with Crippen molar-refractivity contribution in [2.75, 3.05) is 6.54 Å². The summed E-state index contributed by atoms with van der Waals surface area (Å²) in [7, 11) is 0. The molecule has 5 nitrogen and oxygen atoms in total. The second-order valence-electron chi connectivity index (χ2n) is 3.62. The molecule has 0 aliphatic carbocycles. The lowest BCUT2D eigenvalue weighted by molar-refractivity contribution is 0.0950. The highest BCUT2D eigenvalue weighted by Crippen LogP contribution is 2.11.